The summed E-state index contributed by atoms with van der Waals surface area (Å²) in [6.07, 6.45) is 1.15. The number of sulfone groups is 1. The number of benzene rings is 4. The second-order valence-electron chi connectivity index (χ2n) is 8.61. The molecule has 0 aliphatic heterocycles. The molecule has 8 heteroatoms. The normalized spacial score (nSPS) is 11.5. The van der Waals surface area contributed by atoms with Gasteiger partial charge in [0, 0.05) is 28.5 Å². The number of aryl methyl sites for hydroxylation is 1. The zero-order chi connectivity index (χ0) is 25.4. The van der Waals surface area contributed by atoms with E-state index >= 15 is 0 Å². The lowest BCUT2D eigenvalue weighted by atomic mass is 9.98. The van der Waals surface area contributed by atoms with Gasteiger partial charge in [0.05, 0.1) is 15.4 Å². The predicted octanol–water partition coefficient (Wildman–Crippen LogP) is 6.51. The van der Waals surface area contributed by atoms with Crippen LogP contribution in [0.15, 0.2) is 89.8 Å². The monoisotopic (exact) mass is 515 g/mol. The number of anilines is 1. The van der Waals surface area contributed by atoms with Gasteiger partial charge in [0.2, 0.25) is 0 Å². The highest BCUT2D eigenvalue weighted by molar-refractivity contribution is 7.90. The number of H-pyrrole nitrogens is 1. The lowest BCUT2D eigenvalue weighted by Gasteiger charge is -2.13. The third-order valence-corrected chi connectivity index (χ3v) is 7.42. The van der Waals surface area contributed by atoms with E-state index in [1.807, 2.05) is 55.5 Å². The van der Waals surface area contributed by atoms with Crippen molar-refractivity contribution in [2.45, 2.75) is 11.8 Å². The summed E-state index contributed by atoms with van der Waals surface area (Å²) in [7, 11) is -3.45. The Morgan fingerprint density at radius 2 is 1.67 bits per heavy atom. The van der Waals surface area contributed by atoms with Gasteiger partial charge < -0.3 is 5.32 Å². The minimum absolute atomic E-state index is 0.147. The Balaban J connectivity index is 1.54. The van der Waals surface area contributed by atoms with Gasteiger partial charge in [0.15, 0.2) is 9.84 Å². The van der Waals surface area contributed by atoms with Gasteiger partial charge in [-0.15, -0.1) is 0 Å². The van der Waals surface area contributed by atoms with Gasteiger partial charge in [-0.3, -0.25) is 9.89 Å². The molecule has 0 atom stereocenters. The van der Waals surface area contributed by atoms with Crippen LogP contribution in [0.5, 0.6) is 0 Å². The number of amides is 1. The van der Waals surface area contributed by atoms with Crippen LogP contribution in [0.1, 0.15) is 15.9 Å². The average Bonchev–Trinajstić information content (AvgIpc) is 3.29. The molecule has 36 heavy (non-hydrogen) atoms. The molecule has 0 unspecified atom stereocenters. The van der Waals surface area contributed by atoms with E-state index in [1.165, 1.54) is 12.1 Å². The van der Waals surface area contributed by atoms with Crippen molar-refractivity contribution < 1.29 is 13.2 Å². The van der Waals surface area contributed by atoms with Crippen molar-refractivity contribution in [1.82, 2.24) is 10.2 Å². The third-order valence-electron chi connectivity index (χ3n) is 5.98. The Morgan fingerprint density at radius 3 is 2.42 bits per heavy atom. The first kappa shape index (κ1) is 23.8. The van der Waals surface area contributed by atoms with E-state index < -0.39 is 9.84 Å². The maximum absolute atomic E-state index is 13.4. The zero-order valence-electron chi connectivity index (χ0n) is 19.5. The molecule has 0 bridgehead atoms. The van der Waals surface area contributed by atoms with E-state index in [4.69, 9.17) is 11.6 Å². The summed E-state index contributed by atoms with van der Waals surface area (Å²) in [6, 6.07) is 25.0. The number of carbonyl (C=O) groups excluding carboxylic acids is 1. The summed E-state index contributed by atoms with van der Waals surface area (Å²) < 4.78 is 24.4. The van der Waals surface area contributed by atoms with Crippen LogP contribution in [-0.2, 0) is 9.84 Å². The number of hydrogen-bond donors (Lipinski definition) is 2. The van der Waals surface area contributed by atoms with Gasteiger partial charge in [0.25, 0.3) is 5.91 Å². The second kappa shape index (κ2) is 9.26. The number of aromatic amines is 1. The molecule has 0 radical (unpaired) electrons. The van der Waals surface area contributed by atoms with Crippen LogP contribution >= 0.6 is 11.6 Å². The summed E-state index contributed by atoms with van der Waals surface area (Å²) in [5.74, 6) is -0.370. The fourth-order valence-corrected chi connectivity index (χ4v) is 4.93. The van der Waals surface area contributed by atoms with E-state index in [1.54, 1.807) is 24.3 Å². The first-order chi connectivity index (χ1) is 17.2. The van der Waals surface area contributed by atoms with Gasteiger partial charge >= 0.3 is 0 Å². The zero-order valence-corrected chi connectivity index (χ0v) is 21.1. The van der Waals surface area contributed by atoms with Crippen molar-refractivity contribution in [3.05, 3.63) is 101 Å². The number of halogens is 1. The second-order valence-corrected chi connectivity index (χ2v) is 11.0. The molecule has 4 aromatic carbocycles. The fraction of sp³-hybridized carbons (Fsp3) is 0.0714. The number of nitrogens with zero attached hydrogens (tertiary/aromatic N) is 1. The van der Waals surface area contributed by atoms with Gasteiger partial charge in [0.1, 0.15) is 5.69 Å². The van der Waals surface area contributed by atoms with Gasteiger partial charge in [-0.1, -0.05) is 59.6 Å². The van der Waals surface area contributed by atoms with E-state index in [-0.39, 0.29) is 10.8 Å². The number of hydrogen-bond acceptors (Lipinski definition) is 4. The molecule has 0 saturated heterocycles. The Labute approximate surface area is 213 Å². The molecule has 0 saturated carbocycles. The lowest BCUT2D eigenvalue weighted by Crippen LogP contribution is -2.14. The average molecular weight is 516 g/mol. The molecule has 1 heterocycles. The third kappa shape index (κ3) is 4.63. The van der Waals surface area contributed by atoms with Crippen LogP contribution in [0.4, 0.5) is 5.69 Å². The van der Waals surface area contributed by atoms with Crippen molar-refractivity contribution in [3.8, 4) is 22.4 Å². The number of rotatable bonds is 5. The Bertz CT molecular complexity index is 1730. The number of para-hydroxylation sites is 1. The van der Waals surface area contributed by atoms with Crippen LogP contribution in [0.3, 0.4) is 0 Å². The SMILES string of the molecule is Cc1ccc(-c2cc(S(C)(=O)=O)ccc2C(=O)Nc2ccc(Cl)c(-c3n[nH]c4ccccc34)c2)cc1. The molecule has 5 rings (SSSR count). The highest BCUT2D eigenvalue weighted by atomic mass is 35.5. The van der Waals surface area contributed by atoms with Crippen LogP contribution in [0.2, 0.25) is 5.02 Å². The summed E-state index contributed by atoms with van der Waals surface area (Å²) in [5, 5.41) is 11.8. The molecule has 2 N–H and O–H groups in total. The topological polar surface area (TPSA) is 91.9 Å². The molecule has 6 nitrogen and oxygen atoms in total. The largest absolute Gasteiger partial charge is 0.322 e. The molecular formula is C28H22ClN3O3S. The molecule has 0 fully saturated rings. The van der Waals surface area contributed by atoms with Crippen molar-refractivity contribution in [2.75, 3.05) is 11.6 Å². The van der Waals surface area contributed by atoms with Crippen LogP contribution in [-0.4, -0.2) is 30.8 Å². The summed E-state index contributed by atoms with van der Waals surface area (Å²) in [6.45, 7) is 1.96. The van der Waals surface area contributed by atoms with Crippen molar-refractivity contribution in [3.63, 3.8) is 0 Å². The molecular weight excluding hydrogens is 494 g/mol. The Morgan fingerprint density at radius 1 is 0.917 bits per heavy atom. The van der Waals surface area contributed by atoms with Gasteiger partial charge in [-0.25, -0.2) is 8.42 Å². The maximum atomic E-state index is 13.4. The van der Waals surface area contributed by atoms with Gasteiger partial charge in [-0.2, -0.15) is 5.10 Å². The quantitative estimate of drug-likeness (QED) is 0.279. The molecule has 0 spiro atoms. The number of fused-ring (bicyclic) bond motifs is 1. The molecule has 0 aliphatic rings. The highest BCUT2D eigenvalue weighted by Gasteiger charge is 2.18. The molecule has 5 aromatic rings. The summed E-state index contributed by atoms with van der Waals surface area (Å²) in [4.78, 5) is 13.6. The molecule has 1 aromatic heterocycles. The molecule has 180 valence electrons. The Kier molecular flexibility index (Phi) is 6.12. The summed E-state index contributed by atoms with van der Waals surface area (Å²) >= 11 is 6.50. The van der Waals surface area contributed by atoms with E-state index in [0.717, 1.165) is 28.3 Å². The molecule has 0 aliphatic carbocycles. The lowest BCUT2D eigenvalue weighted by molar-refractivity contribution is 0.102. The van der Waals surface area contributed by atoms with Crippen molar-refractivity contribution in [1.29, 1.82) is 0 Å². The fourth-order valence-electron chi connectivity index (χ4n) is 4.08. The Hall–Kier alpha value is -3.94. The highest BCUT2D eigenvalue weighted by Crippen LogP contribution is 2.34. The van der Waals surface area contributed by atoms with Crippen molar-refractivity contribution in [2.24, 2.45) is 0 Å². The standard InChI is InChI=1S/C28H22ClN3O3S/c1-17-7-9-18(10-8-17)23-16-20(36(2,34)35)12-13-21(23)28(33)30-19-11-14-25(29)24(15-19)27-22-5-3-4-6-26(22)31-32-27/h3-16H,1-2H3,(H,30,33)(H,31,32). The van der Waals surface area contributed by atoms with Crippen LogP contribution in [0.25, 0.3) is 33.3 Å². The first-order valence-corrected chi connectivity index (χ1v) is 13.4. The van der Waals surface area contributed by atoms with E-state index in [9.17, 15) is 13.2 Å². The number of aromatic nitrogens is 2. The minimum atomic E-state index is -3.45. The van der Waals surface area contributed by atoms with Gasteiger partial charge in [-0.05, 0) is 60.5 Å². The molecule has 1 amide bonds. The predicted molar refractivity (Wildman–Crippen MR) is 144 cm³/mol. The van der Waals surface area contributed by atoms with Crippen molar-refractivity contribution >= 4 is 43.9 Å². The summed E-state index contributed by atoms with van der Waals surface area (Å²) in [5.41, 5.74) is 5.47. The van der Waals surface area contributed by atoms with E-state index in [2.05, 4.69) is 15.5 Å². The first-order valence-electron chi connectivity index (χ1n) is 11.2. The maximum Gasteiger partial charge on any atom is 0.256 e. The number of nitrogens with one attached hydrogen (secondary N) is 2. The van der Waals surface area contributed by atoms with Crippen LogP contribution in [0, 0.1) is 6.92 Å². The number of carbonyl (C=O) groups is 1. The van der Waals surface area contributed by atoms with Crippen LogP contribution < -0.4 is 5.32 Å². The smallest absolute Gasteiger partial charge is 0.256 e. The van der Waals surface area contributed by atoms with E-state index in [0.29, 0.717) is 33.1 Å². The minimum Gasteiger partial charge on any atom is -0.322 e.